The number of nitrogens with zero attached hydrogens (tertiary/aromatic N) is 2. The Labute approximate surface area is 105 Å². The lowest BCUT2D eigenvalue weighted by molar-refractivity contribution is -0.137. The molecule has 0 bridgehead atoms. The van der Waals surface area contributed by atoms with Gasteiger partial charge >= 0.3 is 6.18 Å². The molecule has 0 saturated heterocycles. The van der Waals surface area contributed by atoms with E-state index in [-0.39, 0.29) is 6.54 Å². The second-order valence-corrected chi connectivity index (χ2v) is 6.35. The minimum atomic E-state index is -4.52. The van der Waals surface area contributed by atoms with Gasteiger partial charge in [0, 0.05) is 19.6 Å². The fraction of sp³-hybridized carbons (Fsp3) is 1.00. The highest BCUT2D eigenvalue weighted by Crippen LogP contribution is 2.33. The summed E-state index contributed by atoms with van der Waals surface area (Å²) in [6, 6.07) is -0.517. The molecule has 0 heterocycles. The van der Waals surface area contributed by atoms with Crippen LogP contribution in [0.25, 0.3) is 0 Å². The number of nitrogens with two attached hydrogens (primary N) is 1. The van der Waals surface area contributed by atoms with Crippen LogP contribution >= 0.6 is 0 Å². The Morgan fingerprint density at radius 1 is 1.33 bits per heavy atom. The molecule has 18 heavy (non-hydrogen) atoms. The molecule has 1 aliphatic rings. The summed E-state index contributed by atoms with van der Waals surface area (Å²) in [6.07, 6.45) is -3.13. The van der Waals surface area contributed by atoms with Crippen LogP contribution in [0.1, 0.15) is 19.3 Å². The van der Waals surface area contributed by atoms with Gasteiger partial charge in [0.1, 0.15) is 6.54 Å². The fourth-order valence-corrected chi connectivity index (χ4v) is 3.16. The zero-order valence-electron chi connectivity index (χ0n) is 10.2. The van der Waals surface area contributed by atoms with Gasteiger partial charge in [0.15, 0.2) is 0 Å². The first kappa shape index (κ1) is 15.7. The first-order valence-corrected chi connectivity index (χ1v) is 7.08. The highest BCUT2D eigenvalue weighted by Gasteiger charge is 2.45. The first-order valence-electron chi connectivity index (χ1n) is 5.68. The lowest BCUT2D eigenvalue weighted by atomic mass is 10.4. The Balaban J connectivity index is 2.77. The van der Waals surface area contributed by atoms with E-state index in [1.54, 1.807) is 0 Å². The maximum absolute atomic E-state index is 12.4. The zero-order valence-corrected chi connectivity index (χ0v) is 11.0. The van der Waals surface area contributed by atoms with Crippen molar-refractivity contribution in [2.75, 3.05) is 26.7 Å². The standard InChI is InChI=1S/C9H18F3N3O2S/c1-14(6-2-5-13)18(16,17)15(8-3-4-8)7-9(10,11)12/h8H,2-7,13H2,1H3. The highest BCUT2D eigenvalue weighted by atomic mass is 32.2. The van der Waals surface area contributed by atoms with Gasteiger partial charge in [-0.15, -0.1) is 0 Å². The van der Waals surface area contributed by atoms with Crippen LogP contribution in [0.5, 0.6) is 0 Å². The number of alkyl halides is 3. The Kier molecular flexibility index (Phi) is 4.98. The molecule has 0 aromatic heterocycles. The second kappa shape index (κ2) is 5.72. The molecule has 0 atom stereocenters. The molecule has 0 aromatic carbocycles. The van der Waals surface area contributed by atoms with Gasteiger partial charge in [-0.05, 0) is 25.8 Å². The molecule has 0 aromatic rings. The lowest BCUT2D eigenvalue weighted by Gasteiger charge is -2.28. The molecular weight excluding hydrogens is 271 g/mol. The summed E-state index contributed by atoms with van der Waals surface area (Å²) in [7, 11) is -2.78. The maximum atomic E-state index is 12.4. The molecule has 1 saturated carbocycles. The van der Waals surface area contributed by atoms with Crippen molar-refractivity contribution in [3.05, 3.63) is 0 Å². The van der Waals surface area contributed by atoms with Crippen LogP contribution in [-0.4, -0.2) is 55.9 Å². The van der Waals surface area contributed by atoms with Crippen LogP contribution in [0.15, 0.2) is 0 Å². The average molecular weight is 289 g/mol. The van der Waals surface area contributed by atoms with Crippen molar-refractivity contribution in [2.45, 2.75) is 31.5 Å². The van der Waals surface area contributed by atoms with Gasteiger partial charge in [0.05, 0.1) is 0 Å². The third kappa shape index (κ3) is 4.38. The molecule has 5 nitrogen and oxygen atoms in total. The van der Waals surface area contributed by atoms with Crippen molar-refractivity contribution in [3.8, 4) is 0 Å². The Morgan fingerprint density at radius 3 is 2.28 bits per heavy atom. The van der Waals surface area contributed by atoms with E-state index in [0.29, 0.717) is 30.1 Å². The van der Waals surface area contributed by atoms with Gasteiger partial charge in [0.2, 0.25) is 0 Å². The van der Waals surface area contributed by atoms with Crippen molar-refractivity contribution in [1.82, 2.24) is 8.61 Å². The summed E-state index contributed by atoms with van der Waals surface area (Å²) in [5.74, 6) is 0. The number of halogens is 3. The molecule has 9 heteroatoms. The summed E-state index contributed by atoms with van der Waals surface area (Å²) in [5.41, 5.74) is 5.26. The molecule has 1 aliphatic carbocycles. The van der Waals surface area contributed by atoms with Gasteiger partial charge in [0.25, 0.3) is 10.2 Å². The molecule has 0 unspecified atom stereocenters. The summed E-state index contributed by atoms with van der Waals surface area (Å²) >= 11 is 0. The fourth-order valence-electron chi connectivity index (χ4n) is 1.55. The molecule has 2 N–H and O–H groups in total. The van der Waals surface area contributed by atoms with E-state index in [9.17, 15) is 21.6 Å². The van der Waals surface area contributed by atoms with Crippen molar-refractivity contribution in [1.29, 1.82) is 0 Å². The smallest absolute Gasteiger partial charge is 0.330 e. The minimum Gasteiger partial charge on any atom is -0.330 e. The van der Waals surface area contributed by atoms with Gasteiger partial charge in [-0.2, -0.15) is 30.2 Å². The normalized spacial score (nSPS) is 17.7. The predicted octanol–water partition coefficient (Wildman–Crippen LogP) is 0.538. The zero-order chi connectivity index (χ0) is 14.0. The van der Waals surface area contributed by atoms with Crippen molar-refractivity contribution >= 4 is 10.2 Å². The molecule has 0 aliphatic heterocycles. The van der Waals surface area contributed by atoms with E-state index in [0.717, 1.165) is 4.31 Å². The van der Waals surface area contributed by atoms with Crippen LogP contribution < -0.4 is 5.73 Å². The third-order valence-corrected chi connectivity index (χ3v) is 4.65. The van der Waals surface area contributed by atoms with E-state index >= 15 is 0 Å². The van der Waals surface area contributed by atoms with Crippen LogP contribution in [-0.2, 0) is 10.2 Å². The van der Waals surface area contributed by atoms with Crippen LogP contribution in [0, 0.1) is 0 Å². The maximum Gasteiger partial charge on any atom is 0.402 e. The van der Waals surface area contributed by atoms with Crippen LogP contribution in [0.3, 0.4) is 0 Å². The molecule has 1 rings (SSSR count). The van der Waals surface area contributed by atoms with Crippen molar-refractivity contribution < 1.29 is 21.6 Å². The summed E-state index contributed by atoms with van der Waals surface area (Å²) < 4.78 is 62.7. The molecule has 0 amide bonds. The van der Waals surface area contributed by atoms with E-state index in [4.69, 9.17) is 5.73 Å². The van der Waals surface area contributed by atoms with E-state index in [1.807, 2.05) is 0 Å². The minimum absolute atomic E-state index is 0.125. The monoisotopic (exact) mass is 289 g/mol. The third-order valence-electron chi connectivity index (χ3n) is 2.66. The Bertz CT molecular complexity index is 368. The van der Waals surface area contributed by atoms with Gasteiger partial charge in [-0.3, -0.25) is 0 Å². The summed E-state index contributed by atoms with van der Waals surface area (Å²) in [6.45, 7) is -1.00. The average Bonchev–Trinajstić information content (AvgIpc) is 3.04. The molecule has 108 valence electrons. The van der Waals surface area contributed by atoms with E-state index < -0.39 is 29.0 Å². The SMILES string of the molecule is CN(CCCN)S(=O)(=O)N(CC(F)(F)F)C1CC1. The molecule has 0 spiro atoms. The largest absolute Gasteiger partial charge is 0.402 e. The summed E-state index contributed by atoms with van der Waals surface area (Å²) in [5, 5.41) is 0. The molecule has 0 radical (unpaired) electrons. The quantitative estimate of drug-likeness (QED) is 0.744. The highest BCUT2D eigenvalue weighted by molar-refractivity contribution is 7.86. The van der Waals surface area contributed by atoms with Gasteiger partial charge in [-0.1, -0.05) is 0 Å². The molecule has 1 fully saturated rings. The first-order chi connectivity index (χ1) is 8.18. The number of rotatable bonds is 7. The van der Waals surface area contributed by atoms with Crippen molar-refractivity contribution in [3.63, 3.8) is 0 Å². The number of hydrogen-bond acceptors (Lipinski definition) is 3. The van der Waals surface area contributed by atoms with E-state index in [2.05, 4.69) is 0 Å². The Hall–Kier alpha value is -0.380. The van der Waals surface area contributed by atoms with Crippen LogP contribution in [0.2, 0.25) is 0 Å². The predicted molar refractivity (Wildman–Crippen MR) is 61.0 cm³/mol. The lowest BCUT2D eigenvalue weighted by Crippen LogP contribution is -2.47. The van der Waals surface area contributed by atoms with E-state index in [1.165, 1.54) is 7.05 Å². The number of hydrogen-bond donors (Lipinski definition) is 1. The van der Waals surface area contributed by atoms with Crippen LogP contribution in [0.4, 0.5) is 13.2 Å². The topological polar surface area (TPSA) is 66.6 Å². The molecular formula is C9H18F3N3O2S. The Morgan fingerprint density at radius 2 is 1.89 bits per heavy atom. The van der Waals surface area contributed by atoms with Gasteiger partial charge in [-0.25, -0.2) is 0 Å². The summed E-state index contributed by atoms with van der Waals surface area (Å²) in [4.78, 5) is 0. The van der Waals surface area contributed by atoms with Crippen molar-refractivity contribution in [2.24, 2.45) is 5.73 Å². The second-order valence-electron chi connectivity index (χ2n) is 4.36. The van der Waals surface area contributed by atoms with Gasteiger partial charge < -0.3 is 5.73 Å².